The van der Waals surface area contributed by atoms with Crippen molar-refractivity contribution in [1.29, 1.82) is 0 Å². The van der Waals surface area contributed by atoms with Crippen molar-refractivity contribution in [3.05, 3.63) is 0 Å². The van der Waals surface area contributed by atoms with E-state index < -0.39 is 17.5 Å². The zero-order valence-electron chi connectivity index (χ0n) is 9.52. The van der Waals surface area contributed by atoms with Gasteiger partial charge in [0.05, 0.1) is 19.3 Å². The van der Waals surface area contributed by atoms with Crippen molar-refractivity contribution >= 4 is 5.97 Å². The van der Waals surface area contributed by atoms with Crippen LogP contribution in [0.3, 0.4) is 0 Å². The number of rotatable bonds is 3. The number of hydrogen-bond donors (Lipinski definition) is 2. The van der Waals surface area contributed by atoms with Crippen LogP contribution in [0.1, 0.15) is 38.5 Å². The van der Waals surface area contributed by atoms with Gasteiger partial charge in [0.2, 0.25) is 0 Å². The highest BCUT2D eigenvalue weighted by atomic mass is 16.5. The third-order valence-electron chi connectivity index (χ3n) is 4.13. The largest absolute Gasteiger partial charge is 0.465 e. The maximum atomic E-state index is 11.7. The van der Waals surface area contributed by atoms with Gasteiger partial charge in [-0.2, -0.15) is 0 Å². The molecular formula is C12H20O4. The Kier molecular flexibility index (Phi) is 3.50. The smallest absolute Gasteiger partial charge is 0.317 e. The normalized spacial score (nSPS) is 33.8. The van der Waals surface area contributed by atoms with Crippen LogP contribution in [0, 0.1) is 11.3 Å². The molecule has 2 atom stereocenters. The van der Waals surface area contributed by atoms with Gasteiger partial charge in [-0.05, 0) is 18.8 Å². The molecule has 0 radical (unpaired) electrons. The Balaban J connectivity index is 2.10. The summed E-state index contributed by atoms with van der Waals surface area (Å²) in [5.41, 5.74) is -1.04. The molecule has 0 bridgehead atoms. The lowest BCUT2D eigenvalue weighted by atomic mass is 9.71. The summed E-state index contributed by atoms with van der Waals surface area (Å²) >= 11 is 0. The van der Waals surface area contributed by atoms with Gasteiger partial charge in [-0.15, -0.1) is 0 Å². The van der Waals surface area contributed by atoms with Crippen molar-refractivity contribution in [3.63, 3.8) is 0 Å². The molecule has 2 fully saturated rings. The van der Waals surface area contributed by atoms with Gasteiger partial charge < -0.3 is 14.9 Å². The summed E-state index contributed by atoms with van der Waals surface area (Å²) in [6, 6.07) is 0. The molecule has 2 aliphatic rings. The number of aliphatic hydroxyl groups is 2. The van der Waals surface area contributed by atoms with Crippen LogP contribution in [-0.2, 0) is 9.53 Å². The highest BCUT2D eigenvalue weighted by Gasteiger charge is 2.52. The van der Waals surface area contributed by atoms with Crippen molar-refractivity contribution in [1.82, 2.24) is 0 Å². The monoisotopic (exact) mass is 228 g/mol. The van der Waals surface area contributed by atoms with Crippen LogP contribution in [0.5, 0.6) is 0 Å². The van der Waals surface area contributed by atoms with Gasteiger partial charge in [0.1, 0.15) is 5.41 Å². The third kappa shape index (κ3) is 1.84. The molecular weight excluding hydrogens is 208 g/mol. The van der Waals surface area contributed by atoms with E-state index in [4.69, 9.17) is 4.74 Å². The molecule has 1 heterocycles. The summed E-state index contributed by atoms with van der Waals surface area (Å²) in [5, 5.41) is 19.8. The van der Waals surface area contributed by atoms with Crippen molar-refractivity contribution in [2.45, 2.75) is 44.6 Å². The molecule has 1 aliphatic heterocycles. The standard InChI is InChI=1S/C12H20O4/c13-8-12(6-7-16-11(12)15)10(14)9-4-2-1-3-5-9/h9-10,13-14H,1-8H2/t10-,12-/m0/s1. The van der Waals surface area contributed by atoms with Gasteiger partial charge in [-0.1, -0.05) is 19.3 Å². The van der Waals surface area contributed by atoms with Crippen molar-refractivity contribution < 1.29 is 19.7 Å². The van der Waals surface area contributed by atoms with E-state index in [0.29, 0.717) is 13.0 Å². The van der Waals surface area contributed by atoms with Crippen LogP contribution in [0.25, 0.3) is 0 Å². The molecule has 92 valence electrons. The topological polar surface area (TPSA) is 66.8 Å². The predicted molar refractivity (Wildman–Crippen MR) is 57.7 cm³/mol. The van der Waals surface area contributed by atoms with E-state index in [0.717, 1.165) is 25.7 Å². The molecule has 1 saturated carbocycles. The van der Waals surface area contributed by atoms with Crippen molar-refractivity contribution in [3.8, 4) is 0 Å². The van der Waals surface area contributed by atoms with Crippen LogP contribution in [0.2, 0.25) is 0 Å². The first-order valence-corrected chi connectivity index (χ1v) is 6.17. The van der Waals surface area contributed by atoms with Crippen LogP contribution in [0.15, 0.2) is 0 Å². The Morgan fingerprint density at radius 3 is 2.56 bits per heavy atom. The van der Waals surface area contributed by atoms with E-state index in [1.807, 2.05) is 0 Å². The first-order valence-electron chi connectivity index (χ1n) is 6.17. The molecule has 4 heteroatoms. The van der Waals surface area contributed by atoms with E-state index in [9.17, 15) is 15.0 Å². The molecule has 0 unspecified atom stereocenters. The molecule has 0 aromatic carbocycles. The number of esters is 1. The van der Waals surface area contributed by atoms with Gasteiger partial charge in [0.15, 0.2) is 0 Å². The Hall–Kier alpha value is -0.610. The molecule has 0 aromatic heterocycles. The second-order valence-electron chi connectivity index (χ2n) is 5.04. The number of aliphatic hydroxyl groups excluding tert-OH is 2. The third-order valence-corrected chi connectivity index (χ3v) is 4.13. The summed E-state index contributed by atoms with van der Waals surface area (Å²) in [4.78, 5) is 11.7. The van der Waals surface area contributed by atoms with E-state index in [2.05, 4.69) is 0 Å². The minimum atomic E-state index is -1.04. The minimum absolute atomic E-state index is 0.145. The van der Waals surface area contributed by atoms with Gasteiger partial charge >= 0.3 is 5.97 Å². The average Bonchev–Trinajstić information content (AvgIpc) is 2.72. The summed E-state index contributed by atoms with van der Waals surface area (Å²) in [6.45, 7) is 0.0205. The summed E-state index contributed by atoms with van der Waals surface area (Å²) in [5.74, 6) is -0.278. The molecule has 2 N–H and O–H groups in total. The Morgan fingerprint density at radius 1 is 1.38 bits per heavy atom. The molecule has 1 aliphatic carbocycles. The van der Waals surface area contributed by atoms with Gasteiger partial charge in [0, 0.05) is 6.42 Å². The zero-order valence-corrected chi connectivity index (χ0v) is 9.52. The maximum absolute atomic E-state index is 11.7. The molecule has 1 saturated heterocycles. The van der Waals surface area contributed by atoms with Gasteiger partial charge in [-0.25, -0.2) is 0 Å². The molecule has 2 rings (SSSR count). The Morgan fingerprint density at radius 2 is 2.06 bits per heavy atom. The van der Waals surface area contributed by atoms with Crippen molar-refractivity contribution in [2.75, 3.05) is 13.2 Å². The van der Waals surface area contributed by atoms with Crippen LogP contribution in [-0.4, -0.2) is 35.5 Å². The maximum Gasteiger partial charge on any atom is 0.317 e. The fourth-order valence-corrected chi connectivity index (χ4v) is 2.98. The average molecular weight is 228 g/mol. The van der Waals surface area contributed by atoms with Gasteiger partial charge in [0.25, 0.3) is 0 Å². The number of carbonyl (C=O) groups excluding carboxylic acids is 1. The van der Waals surface area contributed by atoms with Crippen LogP contribution < -0.4 is 0 Å². The molecule has 0 aromatic rings. The highest BCUT2D eigenvalue weighted by Crippen LogP contribution is 2.40. The second kappa shape index (κ2) is 4.72. The number of hydrogen-bond acceptors (Lipinski definition) is 4. The SMILES string of the molecule is O=C1OCC[C@]1(CO)[C@@H](O)C1CCCCC1. The summed E-state index contributed by atoms with van der Waals surface area (Å²) in [6.07, 6.45) is 5.04. The Bertz CT molecular complexity index is 260. The number of ether oxygens (including phenoxy) is 1. The zero-order chi connectivity index (χ0) is 11.6. The quantitative estimate of drug-likeness (QED) is 0.703. The van der Waals surface area contributed by atoms with Crippen molar-refractivity contribution in [2.24, 2.45) is 11.3 Å². The molecule has 0 amide bonds. The molecule has 16 heavy (non-hydrogen) atoms. The van der Waals surface area contributed by atoms with E-state index in [-0.39, 0.29) is 12.5 Å². The molecule has 0 spiro atoms. The number of cyclic esters (lactones) is 1. The van der Waals surface area contributed by atoms with Gasteiger partial charge in [-0.3, -0.25) is 4.79 Å². The minimum Gasteiger partial charge on any atom is -0.465 e. The lowest BCUT2D eigenvalue weighted by Gasteiger charge is -2.35. The van der Waals surface area contributed by atoms with E-state index in [1.165, 1.54) is 6.42 Å². The summed E-state index contributed by atoms with van der Waals surface area (Å²) in [7, 11) is 0. The second-order valence-corrected chi connectivity index (χ2v) is 5.04. The highest BCUT2D eigenvalue weighted by molar-refractivity contribution is 5.79. The number of carbonyl (C=O) groups is 1. The predicted octanol–water partition coefficient (Wildman–Crippen LogP) is 0.853. The first kappa shape index (κ1) is 11.9. The molecule has 4 nitrogen and oxygen atoms in total. The lowest BCUT2D eigenvalue weighted by Crippen LogP contribution is -2.47. The van der Waals surface area contributed by atoms with E-state index in [1.54, 1.807) is 0 Å². The van der Waals surface area contributed by atoms with E-state index >= 15 is 0 Å². The summed E-state index contributed by atoms with van der Waals surface area (Å²) < 4.78 is 4.91. The Labute approximate surface area is 95.6 Å². The fraction of sp³-hybridized carbons (Fsp3) is 0.917. The fourth-order valence-electron chi connectivity index (χ4n) is 2.98. The lowest BCUT2D eigenvalue weighted by molar-refractivity contribution is -0.158. The first-order chi connectivity index (χ1) is 7.70. The van der Waals surface area contributed by atoms with Crippen LogP contribution >= 0.6 is 0 Å². The van der Waals surface area contributed by atoms with Crippen LogP contribution in [0.4, 0.5) is 0 Å².